The van der Waals surface area contributed by atoms with Gasteiger partial charge in [-0.3, -0.25) is 0 Å². The van der Waals surface area contributed by atoms with E-state index in [0.717, 1.165) is 11.5 Å². The van der Waals surface area contributed by atoms with E-state index in [0.29, 0.717) is 5.25 Å². The van der Waals surface area contributed by atoms with Gasteiger partial charge in [-0.05, 0) is 18.2 Å². The molecule has 0 N–H and O–H groups in total. The second-order valence-electron chi connectivity index (χ2n) is 3.98. The summed E-state index contributed by atoms with van der Waals surface area (Å²) >= 11 is 9.58. The lowest BCUT2D eigenvalue weighted by Gasteiger charge is -2.19. The Morgan fingerprint density at radius 1 is 1.24 bits per heavy atom. The predicted molar refractivity (Wildman–Crippen MR) is 87.6 cm³/mol. The van der Waals surface area contributed by atoms with Crippen LogP contribution in [0.4, 0.5) is 0 Å². The quantitative estimate of drug-likeness (QED) is 0.695. The number of hydrogen-bond acceptors (Lipinski definition) is 3. The van der Waals surface area contributed by atoms with Gasteiger partial charge in [0.1, 0.15) is 0 Å². The first-order valence-electron chi connectivity index (χ1n) is 5.48. The summed E-state index contributed by atoms with van der Waals surface area (Å²) in [7, 11) is 0. The van der Waals surface area contributed by atoms with Crippen molar-refractivity contribution in [2.24, 2.45) is 0 Å². The van der Waals surface area contributed by atoms with Gasteiger partial charge in [-0.1, -0.05) is 34.1 Å². The van der Waals surface area contributed by atoms with Crippen LogP contribution in [0.3, 0.4) is 0 Å². The second kappa shape index (κ2) is 7.17. The van der Waals surface area contributed by atoms with Crippen LogP contribution in [-0.4, -0.2) is 28.3 Å². The van der Waals surface area contributed by atoms with Crippen LogP contribution in [0.5, 0.6) is 0 Å². The zero-order valence-corrected chi connectivity index (χ0v) is 13.6. The number of hydrogen-bond donors (Lipinski definition) is 0. The van der Waals surface area contributed by atoms with Crippen LogP contribution in [0.25, 0.3) is 0 Å². The Kier molecular flexibility index (Phi) is 5.87. The van der Waals surface area contributed by atoms with Crippen LogP contribution in [0.1, 0.15) is 0 Å². The molecule has 0 atom stereocenters. The van der Waals surface area contributed by atoms with E-state index < -0.39 is 0 Å². The zero-order chi connectivity index (χ0) is 12.1. The molecule has 0 radical (unpaired) electrons. The largest absolute Gasteiger partial charge is 0.156 e. The molecule has 2 rings (SSSR count). The van der Waals surface area contributed by atoms with Crippen LogP contribution in [0.2, 0.25) is 0 Å². The van der Waals surface area contributed by atoms with Crippen LogP contribution >= 0.6 is 51.2 Å². The van der Waals surface area contributed by atoms with E-state index in [1.165, 1.54) is 26.4 Å². The Hall–Kier alpha value is 0.490. The highest BCUT2D eigenvalue weighted by Crippen LogP contribution is 2.32. The number of rotatable bonds is 2. The van der Waals surface area contributed by atoms with E-state index in [-0.39, 0.29) is 0 Å². The molecule has 1 saturated heterocycles. The molecule has 1 aliphatic heterocycles. The molecular weight excluding hydrogens is 332 g/mol. The van der Waals surface area contributed by atoms with E-state index in [1.54, 1.807) is 0 Å². The minimum Gasteiger partial charge on any atom is -0.156 e. The molecule has 92 valence electrons. The first-order valence-corrected chi connectivity index (χ1v) is 9.46. The van der Waals surface area contributed by atoms with Gasteiger partial charge in [-0.15, -0.1) is 11.8 Å². The highest BCUT2D eigenvalue weighted by atomic mass is 79.9. The first kappa shape index (κ1) is 13.9. The molecule has 0 aromatic heterocycles. The molecule has 0 aliphatic carbocycles. The molecule has 17 heavy (non-hydrogen) atoms. The van der Waals surface area contributed by atoms with E-state index in [1.807, 2.05) is 35.3 Å². The molecular formula is C13H15BrS3. The molecule has 0 bridgehead atoms. The predicted octanol–water partition coefficient (Wildman–Crippen LogP) is 4.95. The summed E-state index contributed by atoms with van der Waals surface area (Å²) in [6.45, 7) is 4.08. The summed E-state index contributed by atoms with van der Waals surface area (Å²) < 4.78 is 1.17. The van der Waals surface area contributed by atoms with Crippen LogP contribution in [0, 0.1) is 0 Å². The number of halogens is 1. The van der Waals surface area contributed by atoms with Crippen molar-refractivity contribution in [1.29, 1.82) is 0 Å². The summed E-state index contributed by atoms with van der Waals surface area (Å²) in [5, 5.41) is 0.715. The molecule has 1 aliphatic rings. The molecule has 1 fully saturated rings. The maximum atomic E-state index is 4.08. The molecule has 1 aromatic rings. The first-order chi connectivity index (χ1) is 8.24. The molecule has 0 nitrogen and oxygen atoms in total. The Morgan fingerprint density at radius 3 is 2.59 bits per heavy atom. The average molecular weight is 347 g/mol. The number of benzene rings is 1. The zero-order valence-electron chi connectivity index (χ0n) is 9.52. The van der Waals surface area contributed by atoms with Gasteiger partial charge in [0.05, 0.1) is 0 Å². The Balaban J connectivity index is 1.91. The summed E-state index contributed by atoms with van der Waals surface area (Å²) in [5.74, 6) is 4.71. The molecule has 0 amide bonds. The molecule has 4 heteroatoms. The third-order valence-electron chi connectivity index (χ3n) is 2.32. The summed E-state index contributed by atoms with van der Waals surface area (Å²) in [6, 6.07) is 8.59. The summed E-state index contributed by atoms with van der Waals surface area (Å²) in [6.07, 6.45) is 0. The minimum absolute atomic E-state index is 0.715. The van der Waals surface area contributed by atoms with Gasteiger partial charge in [0, 0.05) is 37.6 Å². The molecule has 0 unspecified atom stereocenters. The summed E-state index contributed by atoms with van der Waals surface area (Å²) in [4.78, 5) is 1.37. The van der Waals surface area contributed by atoms with Crippen molar-refractivity contribution in [3.63, 3.8) is 0 Å². The maximum Gasteiger partial charge on any atom is 0.0276 e. The third-order valence-corrected chi connectivity index (χ3v) is 6.93. The number of thioether (sulfide) groups is 3. The Morgan fingerprint density at radius 2 is 1.94 bits per heavy atom. The molecule has 1 aromatic carbocycles. The lowest BCUT2D eigenvalue weighted by molar-refractivity contribution is 1.13. The van der Waals surface area contributed by atoms with Crippen molar-refractivity contribution in [1.82, 2.24) is 0 Å². The molecule has 0 saturated carbocycles. The van der Waals surface area contributed by atoms with Gasteiger partial charge in [0.2, 0.25) is 0 Å². The van der Waals surface area contributed by atoms with Crippen molar-refractivity contribution in [2.45, 2.75) is 10.1 Å². The Bertz CT molecular complexity index is 380. The van der Waals surface area contributed by atoms with E-state index in [2.05, 4.69) is 46.8 Å². The molecule has 1 heterocycles. The Labute approximate surface area is 125 Å². The fourth-order valence-corrected chi connectivity index (χ4v) is 6.03. The maximum absolute atomic E-state index is 4.08. The van der Waals surface area contributed by atoms with Crippen LogP contribution < -0.4 is 0 Å². The van der Waals surface area contributed by atoms with Crippen molar-refractivity contribution in [2.75, 3.05) is 23.0 Å². The van der Waals surface area contributed by atoms with Crippen molar-refractivity contribution in [3.8, 4) is 0 Å². The highest BCUT2D eigenvalue weighted by molar-refractivity contribution is 9.10. The topological polar surface area (TPSA) is 0 Å². The van der Waals surface area contributed by atoms with E-state index in [9.17, 15) is 0 Å². The third kappa shape index (κ3) is 4.93. The SMILES string of the molecule is C=C1CSCC(Sc2cccc(Br)c2)CSC1. The minimum atomic E-state index is 0.715. The van der Waals surface area contributed by atoms with Crippen molar-refractivity contribution < 1.29 is 0 Å². The van der Waals surface area contributed by atoms with E-state index in [4.69, 9.17) is 0 Å². The van der Waals surface area contributed by atoms with Gasteiger partial charge in [-0.2, -0.15) is 23.5 Å². The fourth-order valence-electron chi connectivity index (χ4n) is 1.56. The fraction of sp³-hybridized carbons (Fsp3) is 0.385. The average Bonchev–Trinajstić information content (AvgIpc) is 2.26. The smallest absolute Gasteiger partial charge is 0.0276 e. The second-order valence-corrected chi connectivity index (χ2v) is 8.33. The van der Waals surface area contributed by atoms with Crippen LogP contribution in [0.15, 0.2) is 45.8 Å². The van der Waals surface area contributed by atoms with Crippen molar-refractivity contribution >= 4 is 51.2 Å². The summed E-state index contributed by atoms with van der Waals surface area (Å²) in [5.41, 5.74) is 1.38. The highest BCUT2D eigenvalue weighted by Gasteiger charge is 2.14. The van der Waals surface area contributed by atoms with Crippen molar-refractivity contribution in [3.05, 3.63) is 40.9 Å². The van der Waals surface area contributed by atoms with Gasteiger partial charge in [-0.25, -0.2) is 0 Å². The lowest BCUT2D eigenvalue weighted by Crippen LogP contribution is -2.13. The van der Waals surface area contributed by atoms with Gasteiger partial charge < -0.3 is 0 Å². The monoisotopic (exact) mass is 346 g/mol. The van der Waals surface area contributed by atoms with E-state index >= 15 is 0 Å². The van der Waals surface area contributed by atoms with Gasteiger partial charge in [0.15, 0.2) is 0 Å². The lowest BCUT2D eigenvalue weighted by atomic mass is 10.4. The van der Waals surface area contributed by atoms with Crippen LogP contribution in [-0.2, 0) is 0 Å². The standard InChI is InChI=1S/C13H15BrS3/c1-10-6-15-8-13(9-16-7-10)17-12-4-2-3-11(14)5-12/h2-5,13H,1,6-9H2. The normalized spacial score (nSPS) is 18.8. The molecule has 0 spiro atoms. The van der Waals surface area contributed by atoms with Gasteiger partial charge >= 0.3 is 0 Å². The van der Waals surface area contributed by atoms with Gasteiger partial charge in [0.25, 0.3) is 0 Å².